The summed E-state index contributed by atoms with van der Waals surface area (Å²) in [7, 11) is 2.02. The van der Waals surface area contributed by atoms with Crippen LogP contribution in [0, 0.1) is 5.82 Å². The molecule has 2 heterocycles. The predicted molar refractivity (Wildman–Crippen MR) is 151 cm³/mol. The van der Waals surface area contributed by atoms with Crippen LogP contribution in [0.5, 0.6) is 5.75 Å². The molecule has 39 heavy (non-hydrogen) atoms. The Balaban J connectivity index is 1.36. The van der Waals surface area contributed by atoms with Crippen molar-refractivity contribution in [2.45, 2.75) is 50.7 Å². The highest BCUT2D eigenvalue weighted by Gasteiger charge is 2.20. The summed E-state index contributed by atoms with van der Waals surface area (Å²) in [6.07, 6.45) is 11.6. The van der Waals surface area contributed by atoms with Gasteiger partial charge in [0.1, 0.15) is 23.7 Å². The Bertz CT molecular complexity index is 1340. The highest BCUT2D eigenvalue weighted by atomic mass is 35.5. The van der Waals surface area contributed by atoms with Gasteiger partial charge in [0.15, 0.2) is 0 Å². The van der Waals surface area contributed by atoms with Gasteiger partial charge in [-0.25, -0.2) is 14.4 Å². The fourth-order valence-electron chi connectivity index (χ4n) is 5.00. The maximum Gasteiger partial charge on any atom is 0.248 e. The lowest BCUT2D eigenvalue weighted by Gasteiger charge is -2.19. The molecule has 1 aliphatic carbocycles. The molecule has 1 saturated carbocycles. The molecule has 2 aliphatic rings. The average molecular weight is 554 g/mol. The van der Waals surface area contributed by atoms with Crippen LogP contribution in [0.2, 0.25) is 5.02 Å². The molecule has 1 saturated heterocycles. The van der Waals surface area contributed by atoms with Crippen molar-refractivity contribution < 1.29 is 18.7 Å². The first-order valence-corrected chi connectivity index (χ1v) is 13.8. The molecule has 206 valence electrons. The number of hydrogen-bond donors (Lipinski definition) is 2. The summed E-state index contributed by atoms with van der Waals surface area (Å²) >= 11 is 5.96. The topological polar surface area (TPSA) is 88.6 Å². The summed E-state index contributed by atoms with van der Waals surface area (Å²) in [6, 6.07) is 7.99. The number of carbonyl (C=O) groups is 1. The first kappa shape index (κ1) is 27.3. The smallest absolute Gasteiger partial charge is 0.248 e. The molecule has 1 amide bonds. The molecular formula is C29H33ClFN5O3. The molecule has 0 bridgehead atoms. The zero-order valence-corrected chi connectivity index (χ0v) is 22.7. The zero-order chi connectivity index (χ0) is 27.2. The number of nitrogens with zero attached hydrogens (tertiary/aromatic N) is 3. The number of anilines is 3. The third-order valence-electron chi connectivity index (χ3n) is 7.00. The van der Waals surface area contributed by atoms with Gasteiger partial charge in [-0.1, -0.05) is 17.7 Å². The number of amides is 1. The van der Waals surface area contributed by atoms with Crippen LogP contribution in [-0.4, -0.2) is 59.7 Å². The summed E-state index contributed by atoms with van der Waals surface area (Å²) in [5, 5.41) is 6.84. The fraction of sp³-hybridized carbons (Fsp3) is 0.414. The van der Waals surface area contributed by atoms with Gasteiger partial charge in [0, 0.05) is 42.9 Å². The second-order valence-corrected chi connectivity index (χ2v) is 10.5. The van der Waals surface area contributed by atoms with Gasteiger partial charge in [0.25, 0.3) is 0 Å². The van der Waals surface area contributed by atoms with Crippen LogP contribution < -0.4 is 15.4 Å². The second-order valence-electron chi connectivity index (χ2n) is 10.1. The molecule has 0 unspecified atom stereocenters. The number of carbonyl (C=O) groups excluding carboxylic acids is 1. The van der Waals surface area contributed by atoms with Gasteiger partial charge < -0.3 is 25.0 Å². The van der Waals surface area contributed by atoms with Gasteiger partial charge in [-0.3, -0.25) is 4.79 Å². The van der Waals surface area contributed by atoms with E-state index in [4.69, 9.17) is 21.1 Å². The minimum atomic E-state index is -0.500. The number of ether oxygens (including phenoxy) is 2. The highest BCUT2D eigenvalue weighted by Crippen LogP contribution is 2.36. The van der Waals surface area contributed by atoms with Crippen LogP contribution in [0.4, 0.5) is 21.6 Å². The Kier molecular flexibility index (Phi) is 8.91. The summed E-state index contributed by atoms with van der Waals surface area (Å²) in [5.41, 5.74) is 1.76. The molecule has 0 spiro atoms. The molecule has 8 nitrogen and oxygen atoms in total. The predicted octanol–water partition coefficient (Wildman–Crippen LogP) is 6.09. The van der Waals surface area contributed by atoms with Crippen molar-refractivity contribution in [3.63, 3.8) is 0 Å². The van der Waals surface area contributed by atoms with Crippen molar-refractivity contribution in [2.75, 3.05) is 37.4 Å². The van der Waals surface area contributed by atoms with Crippen LogP contribution in [0.25, 0.3) is 10.9 Å². The molecule has 1 aromatic heterocycles. The first-order chi connectivity index (χ1) is 18.9. The molecule has 1 aliphatic heterocycles. The Labute approximate surface area is 232 Å². The molecule has 10 heteroatoms. The minimum Gasteiger partial charge on any atom is -0.488 e. The van der Waals surface area contributed by atoms with Gasteiger partial charge in [-0.2, -0.15) is 0 Å². The van der Waals surface area contributed by atoms with E-state index < -0.39 is 5.82 Å². The highest BCUT2D eigenvalue weighted by molar-refractivity contribution is 6.31. The van der Waals surface area contributed by atoms with E-state index in [9.17, 15) is 9.18 Å². The van der Waals surface area contributed by atoms with Crippen molar-refractivity contribution in [1.82, 2.24) is 14.9 Å². The molecule has 2 aromatic carbocycles. The Morgan fingerprint density at radius 1 is 1.21 bits per heavy atom. The summed E-state index contributed by atoms with van der Waals surface area (Å²) in [6.45, 7) is 2.30. The van der Waals surface area contributed by atoms with E-state index in [0.29, 0.717) is 40.4 Å². The number of nitrogens with one attached hydrogen (secondary N) is 2. The van der Waals surface area contributed by atoms with Crippen LogP contribution in [-0.2, 0) is 9.53 Å². The molecular weight excluding hydrogens is 521 g/mol. The molecule has 5 rings (SSSR count). The van der Waals surface area contributed by atoms with Gasteiger partial charge >= 0.3 is 0 Å². The lowest BCUT2D eigenvalue weighted by Crippen LogP contribution is -2.28. The van der Waals surface area contributed by atoms with E-state index in [1.54, 1.807) is 6.07 Å². The summed E-state index contributed by atoms with van der Waals surface area (Å²) < 4.78 is 25.7. The van der Waals surface area contributed by atoms with Crippen molar-refractivity contribution in [1.29, 1.82) is 0 Å². The number of aromatic nitrogens is 2. The third kappa shape index (κ3) is 7.23. The van der Waals surface area contributed by atoms with Gasteiger partial charge in [0.2, 0.25) is 5.91 Å². The van der Waals surface area contributed by atoms with Crippen LogP contribution in [0.15, 0.2) is 48.8 Å². The molecule has 1 atom stereocenters. The largest absolute Gasteiger partial charge is 0.488 e. The number of rotatable bonds is 10. The van der Waals surface area contributed by atoms with E-state index in [-0.39, 0.29) is 23.1 Å². The second kappa shape index (κ2) is 12.7. The first-order valence-electron chi connectivity index (χ1n) is 13.4. The van der Waals surface area contributed by atoms with Crippen LogP contribution in [0.3, 0.4) is 0 Å². The quantitative estimate of drug-likeness (QED) is 0.294. The normalized spacial score (nSPS) is 17.9. The molecule has 2 N–H and O–H groups in total. The van der Waals surface area contributed by atoms with Gasteiger partial charge in [0.05, 0.1) is 28.4 Å². The standard InChI is InChI=1S/C29H33ClFN5O3/c1-36(17-21-8-5-13-38-21)12-4-9-28(37)35-26-15-22-25(16-27(26)39-20-6-2-3-7-20)32-18-33-29(22)34-19-10-11-24(31)23(30)14-19/h4,9-11,14-16,18,20-21H,2-3,5-8,12-13,17H2,1H3,(H,35,37)(H,32,33,34)/b9-4+/t21-/m0/s1. The molecule has 3 aromatic rings. The van der Waals surface area contributed by atoms with Gasteiger partial charge in [-0.05, 0) is 69.8 Å². The van der Waals surface area contributed by atoms with Crippen LogP contribution in [0.1, 0.15) is 38.5 Å². The number of hydrogen-bond acceptors (Lipinski definition) is 7. The summed E-state index contributed by atoms with van der Waals surface area (Å²) in [5.74, 6) is 0.311. The maximum absolute atomic E-state index is 13.6. The Morgan fingerprint density at radius 2 is 2.05 bits per heavy atom. The van der Waals surface area contributed by atoms with E-state index in [1.807, 2.05) is 25.3 Å². The van der Waals surface area contributed by atoms with E-state index in [0.717, 1.165) is 51.7 Å². The Morgan fingerprint density at radius 3 is 2.82 bits per heavy atom. The van der Waals surface area contributed by atoms with Crippen molar-refractivity contribution >= 4 is 45.6 Å². The van der Waals surface area contributed by atoms with E-state index in [1.165, 1.54) is 24.5 Å². The SMILES string of the molecule is CN(C/C=C/C(=O)Nc1cc2c(Nc3ccc(F)c(Cl)c3)ncnc2cc1OC1CCCC1)C[C@@H]1CCCO1. The van der Waals surface area contributed by atoms with E-state index in [2.05, 4.69) is 25.5 Å². The number of benzene rings is 2. The van der Waals surface area contributed by atoms with Crippen molar-refractivity contribution in [2.24, 2.45) is 0 Å². The maximum atomic E-state index is 13.6. The number of fused-ring (bicyclic) bond motifs is 1. The molecule has 0 radical (unpaired) electrons. The number of halogens is 2. The van der Waals surface area contributed by atoms with Crippen LogP contribution >= 0.6 is 11.6 Å². The van der Waals surface area contributed by atoms with Gasteiger partial charge in [-0.15, -0.1) is 0 Å². The lowest BCUT2D eigenvalue weighted by atomic mass is 10.1. The average Bonchev–Trinajstić information content (AvgIpc) is 3.62. The van der Waals surface area contributed by atoms with Crippen molar-refractivity contribution in [3.8, 4) is 5.75 Å². The van der Waals surface area contributed by atoms with Crippen molar-refractivity contribution in [3.05, 3.63) is 59.7 Å². The molecule has 2 fully saturated rings. The number of likely N-dealkylation sites (N-methyl/N-ethyl adjacent to an activating group) is 1. The minimum absolute atomic E-state index is 0.00626. The lowest BCUT2D eigenvalue weighted by molar-refractivity contribution is -0.111. The summed E-state index contributed by atoms with van der Waals surface area (Å²) in [4.78, 5) is 23.9. The van der Waals surface area contributed by atoms with E-state index >= 15 is 0 Å². The Hall–Kier alpha value is -3.27. The fourth-order valence-corrected chi connectivity index (χ4v) is 5.18. The third-order valence-corrected chi connectivity index (χ3v) is 7.29. The zero-order valence-electron chi connectivity index (χ0n) is 22.0. The monoisotopic (exact) mass is 553 g/mol.